The van der Waals surface area contributed by atoms with Gasteiger partial charge in [0.2, 0.25) is 0 Å². The number of hydrazone groups is 1. The predicted octanol–water partition coefficient (Wildman–Crippen LogP) is 2.60. The van der Waals surface area contributed by atoms with E-state index in [2.05, 4.69) is 10.5 Å². The first kappa shape index (κ1) is 9.97. The van der Waals surface area contributed by atoms with Crippen molar-refractivity contribution in [2.75, 3.05) is 0 Å². The highest BCUT2D eigenvalue weighted by Crippen LogP contribution is 2.24. The Morgan fingerprint density at radius 2 is 2.21 bits per heavy atom. The molecule has 0 radical (unpaired) electrons. The summed E-state index contributed by atoms with van der Waals surface area (Å²) < 4.78 is 12.8. The van der Waals surface area contributed by atoms with Crippen molar-refractivity contribution >= 4 is 17.3 Å². The summed E-state index contributed by atoms with van der Waals surface area (Å²) in [5, 5.41) is 4.22. The van der Waals surface area contributed by atoms with Crippen LogP contribution < -0.4 is 5.43 Å². The maximum absolute atomic E-state index is 12.8. The minimum atomic E-state index is -0.760. The molecule has 2 aliphatic rings. The molecule has 0 aromatic heterocycles. The van der Waals surface area contributed by atoms with Crippen LogP contribution in [0.15, 0.2) is 17.3 Å². The molecule has 2 nitrogen and oxygen atoms in total. The summed E-state index contributed by atoms with van der Waals surface area (Å²) in [6.07, 6.45) is 6.13. The second-order valence-corrected chi connectivity index (χ2v) is 4.35. The molecule has 78 valence electrons. The molecule has 0 aromatic carbocycles. The van der Waals surface area contributed by atoms with E-state index in [-0.39, 0.29) is 5.50 Å². The van der Waals surface area contributed by atoms with Crippen molar-refractivity contribution in [3.05, 3.63) is 12.2 Å². The molecule has 0 amide bonds. The number of hydrogen-bond donors (Lipinski definition) is 1. The van der Waals surface area contributed by atoms with Crippen LogP contribution >= 0.6 is 11.6 Å². The molecule has 14 heavy (non-hydrogen) atoms. The summed E-state index contributed by atoms with van der Waals surface area (Å²) in [5.41, 5.74) is 3.94. The van der Waals surface area contributed by atoms with Crippen LogP contribution in [0.5, 0.6) is 0 Å². The number of hydrogen-bond acceptors (Lipinski definition) is 2. The Labute approximate surface area is 88.2 Å². The minimum absolute atomic E-state index is 0.0414. The van der Waals surface area contributed by atoms with Gasteiger partial charge in [-0.3, -0.25) is 5.43 Å². The highest BCUT2D eigenvalue weighted by atomic mass is 35.5. The standard InChI is InChI=1S/C10H14ClFN2/c11-10-6-5-9(13-14-10)7-1-3-8(12)4-2-7/h1,3,7-8,10,14H,2,4-6H2. The average Bonchev–Trinajstić information content (AvgIpc) is 2.21. The predicted molar refractivity (Wildman–Crippen MR) is 56.2 cm³/mol. The molecule has 0 spiro atoms. The molecule has 1 aliphatic heterocycles. The summed E-state index contributed by atoms with van der Waals surface area (Å²) in [6, 6.07) is 0. The van der Waals surface area contributed by atoms with Gasteiger partial charge >= 0.3 is 0 Å². The van der Waals surface area contributed by atoms with Crippen molar-refractivity contribution in [2.24, 2.45) is 11.0 Å². The maximum atomic E-state index is 12.8. The maximum Gasteiger partial charge on any atom is 0.118 e. The van der Waals surface area contributed by atoms with Gasteiger partial charge in [0.25, 0.3) is 0 Å². The van der Waals surface area contributed by atoms with E-state index in [4.69, 9.17) is 11.6 Å². The van der Waals surface area contributed by atoms with Crippen molar-refractivity contribution < 1.29 is 4.39 Å². The lowest BCUT2D eigenvalue weighted by Gasteiger charge is -2.24. The number of halogens is 2. The van der Waals surface area contributed by atoms with Crippen LogP contribution in [0.4, 0.5) is 4.39 Å². The van der Waals surface area contributed by atoms with Crippen LogP contribution in [0, 0.1) is 5.92 Å². The molecule has 4 heteroatoms. The molecule has 1 N–H and O–H groups in total. The van der Waals surface area contributed by atoms with Crippen LogP contribution in [0.3, 0.4) is 0 Å². The molecule has 0 saturated carbocycles. The third-order valence-electron chi connectivity index (χ3n) is 2.74. The zero-order valence-corrected chi connectivity index (χ0v) is 8.67. The average molecular weight is 217 g/mol. The van der Waals surface area contributed by atoms with Crippen LogP contribution in [-0.2, 0) is 0 Å². The fourth-order valence-corrected chi connectivity index (χ4v) is 2.04. The normalized spacial score (nSPS) is 37.6. The molecule has 0 fully saturated rings. The summed E-state index contributed by atoms with van der Waals surface area (Å²) in [4.78, 5) is 0. The van der Waals surface area contributed by atoms with Gasteiger partial charge < -0.3 is 0 Å². The van der Waals surface area contributed by atoms with Crippen LogP contribution in [0.2, 0.25) is 0 Å². The van der Waals surface area contributed by atoms with E-state index in [1.807, 2.05) is 6.08 Å². The first-order chi connectivity index (χ1) is 6.75. The van der Waals surface area contributed by atoms with Gasteiger partial charge in [0.15, 0.2) is 0 Å². The molecule has 3 unspecified atom stereocenters. The second-order valence-electron chi connectivity index (χ2n) is 3.82. The third-order valence-corrected chi connectivity index (χ3v) is 3.05. The molecule has 1 heterocycles. The molecule has 1 aliphatic carbocycles. The number of rotatable bonds is 1. The largest absolute Gasteiger partial charge is 0.292 e. The molecular formula is C10H14ClFN2. The van der Waals surface area contributed by atoms with Gasteiger partial charge in [-0.25, -0.2) is 4.39 Å². The van der Waals surface area contributed by atoms with E-state index in [0.29, 0.717) is 12.3 Å². The van der Waals surface area contributed by atoms with Gasteiger partial charge in [-0.1, -0.05) is 23.8 Å². The molecular weight excluding hydrogens is 203 g/mol. The van der Waals surface area contributed by atoms with Crippen LogP contribution in [0.1, 0.15) is 25.7 Å². The molecule has 2 rings (SSSR count). The van der Waals surface area contributed by atoms with E-state index in [0.717, 1.165) is 25.0 Å². The Bertz CT molecular complexity index is 265. The quantitative estimate of drug-likeness (QED) is 0.407. The van der Waals surface area contributed by atoms with Gasteiger partial charge in [0.1, 0.15) is 11.7 Å². The second kappa shape index (κ2) is 4.30. The van der Waals surface area contributed by atoms with E-state index < -0.39 is 6.17 Å². The lowest BCUT2D eigenvalue weighted by Crippen LogP contribution is -2.30. The lowest BCUT2D eigenvalue weighted by molar-refractivity contribution is 0.350. The van der Waals surface area contributed by atoms with Gasteiger partial charge in [0, 0.05) is 11.6 Å². The van der Waals surface area contributed by atoms with E-state index >= 15 is 0 Å². The Hall–Kier alpha value is -0.570. The Balaban J connectivity index is 1.99. The summed E-state index contributed by atoms with van der Waals surface area (Å²) in [5.74, 6) is 0.318. The summed E-state index contributed by atoms with van der Waals surface area (Å²) >= 11 is 5.85. The van der Waals surface area contributed by atoms with Crippen molar-refractivity contribution in [3.63, 3.8) is 0 Å². The molecule has 3 atom stereocenters. The summed E-state index contributed by atoms with van der Waals surface area (Å²) in [7, 11) is 0. The zero-order valence-electron chi connectivity index (χ0n) is 7.92. The Kier molecular flexibility index (Phi) is 3.06. The van der Waals surface area contributed by atoms with Gasteiger partial charge in [-0.15, -0.1) is 0 Å². The minimum Gasteiger partial charge on any atom is -0.292 e. The van der Waals surface area contributed by atoms with Gasteiger partial charge in [-0.05, 0) is 25.7 Å². The number of alkyl halides is 2. The Morgan fingerprint density at radius 3 is 2.79 bits per heavy atom. The van der Waals surface area contributed by atoms with Crippen LogP contribution in [-0.4, -0.2) is 17.4 Å². The SMILES string of the molecule is FC1C=CC(C2=NNC(Cl)CC2)CC1. The smallest absolute Gasteiger partial charge is 0.118 e. The van der Waals surface area contributed by atoms with Gasteiger partial charge in [0.05, 0.1) is 0 Å². The van der Waals surface area contributed by atoms with E-state index in [1.54, 1.807) is 6.08 Å². The number of allylic oxidation sites excluding steroid dienone is 2. The van der Waals surface area contributed by atoms with Crippen molar-refractivity contribution in [1.82, 2.24) is 5.43 Å². The summed E-state index contributed by atoms with van der Waals surface area (Å²) in [6.45, 7) is 0. The van der Waals surface area contributed by atoms with Crippen LogP contribution in [0.25, 0.3) is 0 Å². The fraction of sp³-hybridized carbons (Fsp3) is 0.700. The van der Waals surface area contributed by atoms with E-state index in [9.17, 15) is 4.39 Å². The molecule has 0 bridgehead atoms. The first-order valence-corrected chi connectivity index (χ1v) is 5.48. The van der Waals surface area contributed by atoms with Crippen molar-refractivity contribution in [1.29, 1.82) is 0 Å². The monoisotopic (exact) mass is 216 g/mol. The topological polar surface area (TPSA) is 24.4 Å². The molecule has 0 aromatic rings. The van der Waals surface area contributed by atoms with Gasteiger partial charge in [-0.2, -0.15) is 5.10 Å². The lowest BCUT2D eigenvalue weighted by atomic mass is 9.88. The highest BCUT2D eigenvalue weighted by Gasteiger charge is 2.22. The van der Waals surface area contributed by atoms with Crippen molar-refractivity contribution in [2.45, 2.75) is 37.4 Å². The Morgan fingerprint density at radius 1 is 1.36 bits per heavy atom. The van der Waals surface area contributed by atoms with E-state index in [1.165, 1.54) is 0 Å². The first-order valence-electron chi connectivity index (χ1n) is 5.04. The zero-order chi connectivity index (χ0) is 9.97. The highest BCUT2D eigenvalue weighted by molar-refractivity contribution is 6.20. The number of nitrogens with zero attached hydrogens (tertiary/aromatic N) is 1. The fourth-order valence-electron chi connectivity index (χ4n) is 1.88. The van der Waals surface area contributed by atoms with Crippen molar-refractivity contribution in [3.8, 4) is 0 Å². The number of nitrogens with one attached hydrogen (secondary N) is 1. The third kappa shape index (κ3) is 2.27. The molecule has 0 saturated heterocycles.